The van der Waals surface area contributed by atoms with Crippen molar-refractivity contribution in [2.75, 3.05) is 0 Å². The van der Waals surface area contributed by atoms with Crippen molar-refractivity contribution < 1.29 is 34.2 Å². The normalized spacial score (nSPS) is 1.50. The molecule has 4 heavy (non-hydrogen) atoms. The van der Waals surface area contributed by atoms with E-state index < -0.39 is 0 Å². The molecule has 0 heterocycles. The van der Waals surface area contributed by atoms with E-state index in [2.05, 4.69) is 11.9 Å². The van der Waals surface area contributed by atoms with Crippen LogP contribution in [-0.2, 0) is 0 Å². The largest absolute Gasteiger partial charge is 1.00 e. The molecule has 0 bridgehead atoms. The number of hydrogen-bond donors (Lipinski definition) is 0. The summed E-state index contributed by atoms with van der Waals surface area (Å²) in [6.45, 7) is 0. The molecule has 0 aromatic heterocycles. The van der Waals surface area contributed by atoms with Crippen LogP contribution in [0.2, 0.25) is 0 Å². The topological polar surface area (TPSA) is 23.1 Å². The van der Waals surface area contributed by atoms with Crippen molar-refractivity contribution >= 4 is 49.6 Å². The van der Waals surface area contributed by atoms with E-state index in [-0.39, 0.29) is 67.3 Å². The Morgan fingerprint density at radius 1 is 1.25 bits per heavy atom. The molecule has 0 amide bonds. The van der Waals surface area contributed by atoms with Gasteiger partial charge in [-0.3, -0.25) is 0 Å². The predicted octanol–water partition coefficient (Wildman–Crippen LogP) is -4.41. The van der Waals surface area contributed by atoms with Crippen molar-refractivity contribution in [1.82, 2.24) is 0 Å². The van der Waals surface area contributed by atoms with Gasteiger partial charge in [0, 0.05) is 0 Å². The Kier molecular flexibility index (Phi) is 71.3. The minimum atomic E-state index is 0. The zero-order valence-electron chi connectivity index (χ0n) is 1.79. The predicted molar refractivity (Wildman–Crippen MR) is 14.4 cm³/mol. The van der Waals surface area contributed by atoms with E-state index >= 15 is 0 Å². The van der Waals surface area contributed by atoms with Crippen LogP contribution in [-0.4, -0.2) is 37.7 Å². The van der Waals surface area contributed by atoms with Crippen LogP contribution in [0.4, 0.5) is 0 Å². The van der Waals surface area contributed by atoms with Gasteiger partial charge in [-0.1, -0.05) is 0 Å². The maximum Gasteiger partial charge on any atom is 1.00 e. The van der Waals surface area contributed by atoms with Gasteiger partial charge in [-0.15, -0.1) is 0 Å². The Morgan fingerprint density at radius 2 is 1.25 bits per heavy atom. The van der Waals surface area contributed by atoms with E-state index in [1.165, 1.54) is 0 Å². The van der Waals surface area contributed by atoms with Gasteiger partial charge in [-0.05, 0) is 0 Å². The van der Waals surface area contributed by atoms with E-state index in [1.807, 2.05) is 0 Å². The Bertz CT molecular complexity index is 8.00. The number of hydrogen-bond acceptors (Lipinski definition) is 1. The van der Waals surface area contributed by atoms with Gasteiger partial charge in [-0.25, -0.2) is 11.9 Å². The molecule has 0 rings (SSSR count). The fraction of sp³-hybridized carbons (Fsp3) is 0. The van der Waals surface area contributed by atoms with Gasteiger partial charge < -0.3 is 4.66 Å². The molecular formula is H2CaClNaO. The van der Waals surface area contributed by atoms with Crippen molar-refractivity contribution in [3.63, 3.8) is 0 Å². The minimum absolute atomic E-state index is 0. The van der Waals surface area contributed by atoms with E-state index in [9.17, 15) is 0 Å². The molecule has 0 fully saturated rings. The van der Waals surface area contributed by atoms with Gasteiger partial charge >= 0.3 is 67.3 Å². The summed E-state index contributed by atoms with van der Waals surface area (Å²) in [5, 5.41) is 0. The summed E-state index contributed by atoms with van der Waals surface area (Å²) in [6.07, 6.45) is 0. The van der Waals surface area contributed by atoms with Crippen molar-refractivity contribution in [2.24, 2.45) is 0 Å². The molecule has 0 radical (unpaired) electrons. The van der Waals surface area contributed by atoms with E-state index in [0.29, 0.717) is 0 Å². The smallest absolute Gasteiger partial charge is 0.769 e. The van der Waals surface area contributed by atoms with Gasteiger partial charge in [-0.2, -0.15) is 0 Å². The first-order chi connectivity index (χ1) is 1.00. The molecule has 0 saturated carbocycles. The van der Waals surface area contributed by atoms with Crippen LogP contribution < -0.4 is 34.2 Å². The summed E-state index contributed by atoms with van der Waals surface area (Å²) in [7, 11) is 0. The molecule has 0 aliphatic carbocycles. The molecule has 0 atom stereocenters. The molecule has 4 heteroatoms. The first kappa shape index (κ1) is 16.0. The first-order valence-corrected chi connectivity index (χ1v) is 0.463. The second kappa shape index (κ2) is 17.8. The van der Waals surface area contributed by atoms with Gasteiger partial charge in [0.25, 0.3) is 0 Å². The molecule has 0 saturated heterocycles. The zero-order valence-corrected chi connectivity index (χ0v) is 4.54. The minimum Gasteiger partial charge on any atom is -0.769 e. The first-order valence-electron chi connectivity index (χ1n) is 0.154. The van der Waals surface area contributed by atoms with Crippen LogP contribution in [0, 0.1) is 0 Å². The van der Waals surface area contributed by atoms with Gasteiger partial charge in [0.2, 0.25) is 0 Å². The Balaban J connectivity index is -0.00000000500. The van der Waals surface area contributed by atoms with E-state index in [1.54, 1.807) is 0 Å². The number of rotatable bonds is 0. The third-order valence-corrected chi connectivity index (χ3v) is 0. The maximum atomic E-state index is 7.72. The summed E-state index contributed by atoms with van der Waals surface area (Å²) >= 11 is 3.39. The van der Waals surface area contributed by atoms with Crippen LogP contribution in [0.5, 0.6) is 0 Å². The molecule has 18 valence electrons. The molecule has 0 aliphatic rings. The van der Waals surface area contributed by atoms with Crippen LogP contribution in [0.25, 0.3) is 0 Å². The van der Waals surface area contributed by atoms with Gasteiger partial charge in [0.1, 0.15) is 0 Å². The number of halogens is 1. The summed E-state index contributed by atoms with van der Waals surface area (Å²) in [4.78, 5) is 0. The second-order valence-electron chi connectivity index (χ2n) is 0. The fourth-order valence-electron chi connectivity index (χ4n) is 0. The molecule has 0 aromatic rings. The van der Waals surface area contributed by atoms with Crippen molar-refractivity contribution in [3.05, 3.63) is 0 Å². The van der Waals surface area contributed by atoms with Crippen LogP contribution in [0.15, 0.2) is 0 Å². The van der Waals surface area contributed by atoms with Gasteiger partial charge in [0.15, 0.2) is 0 Å². The Labute approximate surface area is 82.2 Å². The van der Waals surface area contributed by atoms with Gasteiger partial charge in [0.05, 0.1) is 0 Å². The fourth-order valence-corrected chi connectivity index (χ4v) is 0. The van der Waals surface area contributed by atoms with Crippen LogP contribution >= 0.6 is 11.9 Å². The van der Waals surface area contributed by atoms with E-state index in [0.717, 1.165) is 0 Å². The van der Waals surface area contributed by atoms with Crippen molar-refractivity contribution in [2.45, 2.75) is 0 Å². The summed E-state index contributed by atoms with van der Waals surface area (Å²) < 4.78 is 7.72. The molecular weight excluding hydrogens is 115 g/mol. The standard InChI is InChI=1S/Ca.ClO.Na.2H/c;1-2;;;/q;-1;+1;;. The third kappa shape index (κ3) is 8.82. The summed E-state index contributed by atoms with van der Waals surface area (Å²) in [6, 6.07) is 0. The summed E-state index contributed by atoms with van der Waals surface area (Å²) in [5.41, 5.74) is 0. The Morgan fingerprint density at radius 3 is 1.25 bits per heavy atom. The van der Waals surface area contributed by atoms with Crippen LogP contribution in [0.3, 0.4) is 0 Å². The quantitative estimate of drug-likeness (QED) is 0.293. The van der Waals surface area contributed by atoms with Crippen molar-refractivity contribution in [1.29, 1.82) is 0 Å². The zero-order chi connectivity index (χ0) is 2.00. The monoisotopic (exact) mass is 116 g/mol. The van der Waals surface area contributed by atoms with Crippen LogP contribution in [0.1, 0.15) is 0 Å². The third-order valence-electron chi connectivity index (χ3n) is 0. The average molecular weight is 117 g/mol. The van der Waals surface area contributed by atoms with E-state index in [4.69, 9.17) is 4.66 Å². The summed E-state index contributed by atoms with van der Waals surface area (Å²) in [5.74, 6) is 0. The molecule has 0 unspecified atom stereocenters. The maximum absolute atomic E-state index is 7.72. The molecule has 0 spiro atoms. The average Bonchev–Trinajstić information content (AvgIpc) is 1.00. The molecule has 1 nitrogen and oxygen atoms in total. The SMILES string of the molecule is [CaH2].[Na+].[O-]Cl. The second-order valence-corrected chi connectivity index (χ2v) is 0. The molecule has 0 N–H and O–H groups in total. The molecule has 0 aliphatic heterocycles. The molecule has 0 aromatic carbocycles. The van der Waals surface area contributed by atoms with Crippen molar-refractivity contribution in [3.8, 4) is 0 Å². The Hall–Kier alpha value is 2.51.